The summed E-state index contributed by atoms with van der Waals surface area (Å²) in [5.41, 5.74) is 0.130. The van der Waals surface area contributed by atoms with E-state index in [0.717, 1.165) is 42.2 Å². The van der Waals surface area contributed by atoms with Crippen molar-refractivity contribution in [2.75, 3.05) is 25.2 Å². The Labute approximate surface area is 153 Å². The Balaban J connectivity index is 1.90. The lowest BCUT2D eigenvalue weighted by atomic mass is 9.83. The van der Waals surface area contributed by atoms with E-state index in [4.69, 9.17) is 4.74 Å². The minimum absolute atomic E-state index is 0.0251. The number of piperidine rings is 1. The predicted molar refractivity (Wildman–Crippen MR) is 94.6 cm³/mol. The molecule has 0 bridgehead atoms. The number of nitrogens with one attached hydrogen (secondary N) is 1. The molecule has 1 spiro atoms. The van der Waals surface area contributed by atoms with Gasteiger partial charge in [-0.2, -0.15) is 13.2 Å². The van der Waals surface area contributed by atoms with Crippen molar-refractivity contribution >= 4 is 29.5 Å². The number of halogens is 3. The van der Waals surface area contributed by atoms with Gasteiger partial charge in [0.2, 0.25) is 0 Å². The van der Waals surface area contributed by atoms with Gasteiger partial charge in [-0.3, -0.25) is 4.79 Å². The SMILES string of the molecule is COC(=O)C[C@H]1[C@@H](c2ccc(C(F)(F)F)cc2)NCCC12SCCS2. The lowest BCUT2D eigenvalue weighted by molar-refractivity contribution is -0.142. The van der Waals surface area contributed by atoms with Crippen LogP contribution in [-0.2, 0) is 15.7 Å². The molecule has 0 amide bonds. The van der Waals surface area contributed by atoms with Crippen LogP contribution in [0.3, 0.4) is 0 Å². The number of carbonyl (C=O) groups is 1. The Kier molecular flexibility index (Phi) is 5.60. The molecule has 0 aliphatic carbocycles. The summed E-state index contributed by atoms with van der Waals surface area (Å²) in [7, 11) is 1.37. The van der Waals surface area contributed by atoms with E-state index in [0.29, 0.717) is 0 Å². The molecular formula is C17H20F3NO2S2. The average Bonchev–Trinajstić information content (AvgIpc) is 3.05. The highest BCUT2D eigenvalue weighted by atomic mass is 32.2. The van der Waals surface area contributed by atoms with Crippen LogP contribution < -0.4 is 5.32 Å². The highest BCUT2D eigenvalue weighted by Crippen LogP contribution is 2.57. The zero-order valence-electron chi connectivity index (χ0n) is 13.8. The van der Waals surface area contributed by atoms with Crippen molar-refractivity contribution in [2.45, 2.75) is 29.1 Å². The van der Waals surface area contributed by atoms with E-state index in [1.54, 1.807) is 0 Å². The van der Waals surface area contributed by atoms with Crippen molar-refractivity contribution in [3.63, 3.8) is 0 Å². The van der Waals surface area contributed by atoms with Gasteiger partial charge in [-0.1, -0.05) is 12.1 Å². The molecule has 0 radical (unpaired) electrons. The van der Waals surface area contributed by atoms with Crippen LogP contribution in [0.5, 0.6) is 0 Å². The summed E-state index contributed by atoms with van der Waals surface area (Å²) in [4.78, 5) is 12.0. The molecule has 2 saturated heterocycles. The van der Waals surface area contributed by atoms with Gasteiger partial charge in [0.1, 0.15) is 0 Å². The first-order valence-corrected chi connectivity index (χ1v) is 10.1. The highest BCUT2D eigenvalue weighted by Gasteiger charge is 2.50. The summed E-state index contributed by atoms with van der Waals surface area (Å²) in [5.74, 6) is 1.76. The Morgan fingerprint density at radius 1 is 1.28 bits per heavy atom. The highest BCUT2D eigenvalue weighted by molar-refractivity contribution is 8.21. The predicted octanol–water partition coefficient (Wildman–Crippen LogP) is 4.10. The molecule has 2 aliphatic heterocycles. The fourth-order valence-corrected chi connectivity index (χ4v) is 7.13. The van der Waals surface area contributed by atoms with Gasteiger partial charge >= 0.3 is 12.1 Å². The Hall–Kier alpha value is -0.860. The third-order valence-corrected chi connectivity index (χ3v) is 8.57. The summed E-state index contributed by atoms with van der Waals surface area (Å²) in [6, 6.07) is 5.11. The molecule has 1 aromatic rings. The standard InChI is InChI=1S/C17H20F3NO2S2/c1-23-14(22)10-13-15(21-7-6-16(13)24-8-9-25-16)11-2-4-12(5-3-11)17(18,19)20/h2-5,13,15,21H,6-10H2,1H3/t13-,15+/m0/s1. The number of rotatable bonds is 3. The number of ether oxygens (including phenoxy) is 1. The summed E-state index contributed by atoms with van der Waals surface area (Å²) < 4.78 is 43.2. The maximum atomic E-state index is 12.8. The van der Waals surface area contributed by atoms with E-state index in [2.05, 4.69) is 5.32 Å². The van der Waals surface area contributed by atoms with Crippen LogP contribution in [0.15, 0.2) is 24.3 Å². The zero-order chi connectivity index (χ0) is 18.1. The fourth-order valence-electron chi connectivity index (χ4n) is 3.58. The fraction of sp³-hybridized carbons (Fsp3) is 0.588. The van der Waals surface area contributed by atoms with Crippen LogP contribution in [0.2, 0.25) is 0 Å². The second-order valence-electron chi connectivity index (χ2n) is 6.20. The number of carbonyl (C=O) groups excluding carboxylic acids is 1. The maximum Gasteiger partial charge on any atom is 0.416 e. The minimum Gasteiger partial charge on any atom is -0.469 e. The summed E-state index contributed by atoms with van der Waals surface area (Å²) in [5, 5.41) is 3.41. The molecule has 138 valence electrons. The van der Waals surface area contributed by atoms with Gasteiger partial charge in [0, 0.05) is 23.5 Å². The van der Waals surface area contributed by atoms with Crippen LogP contribution in [0, 0.1) is 5.92 Å². The molecule has 0 aromatic heterocycles. The number of hydrogen-bond acceptors (Lipinski definition) is 5. The number of hydrogen-bond donors (Lipinski definition) is 1. The van der Waals surface area contributed by atoms with Crippen LogP contribution >= 0.6 is 23.5 Å². The molecule has 1 N–H and O–H groups in total. The van der Waals surface area contributed by atoms with Crippen LogP contribution in [0.1, 0.15) is 30.0 Å². The van der Waals surface area contributed by atoms with Gasteiger partial charge < -0.3 is 10.1 Å². The van der Waals surface area contributed by atoms with Crippen molar-refractivity contribution in [3.05, 3.63) is 35.4 Å². The minimum atomic E-state index is -4.34. The number of benzene rings is 1. The van der Waals surface area contributed by atoms with E-state index in [1.807, 2.05) is 23.5 Å². The molecule has 1 aromatic carbocycles. The maximum absolute atomic E-state index is 12.8. The smallest absolute Gasteiger partial charge is 0.416 e. The van der Waals surface area contributed by atoms with Gasteiger partial charge in [0.15, 0.2) is 0 Å². The topological polar surface area (TPSA) is 38.3 Å². The molecule has 8 heteroatoms. The largest absolute Gasteiger partial charge is 0.469 e. The molecule has 0 saturated carbocycles. The summed E-state index contributed by atoms with van der Waals surface area (Å²) >= 11 is 3.73. The van der Waals surface area contributed by atoms with Gasteiger partial charge in [-0.15, -0.1) is 23.5 Å². The lowest BCUT2D eigenvalue weighted by Crippen LogP contribution is -2.48. The van der Waals surface area contributed by atoms with E-state index >= 15 is 0 Å². The van der Waals surface area contributed by atoms with E-state index < -0.39 is 11.7 Å². The molecule has 2 fully saturated rings. The Bertz CT molecular complexity index is 615. The van der Waals surface area contributed by atoms with Crippen molar-refractivity contribution < 1.29 is 22.7 Å². The third-order valence-electron chi connectivity index (χ3n) is 4.79. The van der Waals surface area contributed by atoms with Crippen molar-refractivity contribution in [1.82, 2.24) is 5.32 Å². The number of esters is 1. The first-order valence-electron chi connectivity index (χ1n) is 8.11. The van der Waals surface area contributed by atoms with Gasteiger partial charge in [-0.25, -0.2) is 0 Å². The van der Waals surface area contributed by atoms with Crippen LogP contribution in [0.25, 0.3) is 0 Å². The van der Waals surface area contributed by atoms with Crippen molar-refractivity contribution in [2.24, 2.45) is 5.92 Å². The first kappa shape index (κ1) is 18.9. The molecule has 2 heterocycles. The van der Waals surface area contributed by atoms with Gasteiger partial charge in [-0.05, 0) is 30.7 Å². The third kappa shape index (κ3) is 3.95. The molecule has 3 rings (SSSR count). The van der Waals surface area contributed by atoms with Gasteiger partial charge in [0.05, 0.1) is 23.2 Å². The average molecular weight is 391 g/mol. The second kappa shape index (κ2) is 7.40. The number of thioether (sulfide) groups is 2. The lowest BCUT2D eigenvalue weighted by Gasteiger charge is -2.45. The molecule has 3 nitrogen and oxygen atoms in total. The first-order chi connectivity index (χ1) is 11.9. The zero-order valence-corrected chi connectivity index (χ0v) is 15.4. The molecule has 25 heavy (non-hydrogen) atoms. The summed E-state index contributed by atoms with van der Waals surface area (Å²) in [6.45, 7) is 0.781. The molecule has 2 aliphatic rings. The Morgan fingerprint density at radius 3 is 2.48 bits per heavy atom. The van der Waals surface area contributed by atoms with E-state index in [-0.39, 0.29) is 28.4 Å². The molecular weight excluding hydrogens is 371 g/mol. The number of methoxy groups -OCH3 is 1. The molecule has 0 unspecified atom stereocenters. The van der Waals surface area contributed by atoms with Crippen molar-refractivity contribution in [1.29, 1.82) is 0 Å². The quantitative estimate of drug-likeness (QED) is 0.786. The molecule has 2 atom stereocenters. The van der Waals surface area contributed by atoms with E-state index in [1.165, 1.54) is 19.2 Å². The monoisotopic (exact) mass is 391 g/mol. The van der Waals surface area contributed by atoms with E-state index in [9.17, 15) is 18.0 Å². The van der Waals surface area contributed by atoms with Crippen LogP contribution in [0.4, 0.5) is 13.2 Å². The summed E-state index contributed by atoms with van der Waals surface area (Å²) in [6.07, 6.45) is -3.15. The van der Waals surface area contributed by atoms with Gasteiger partial charge in [0.25, 0.3) is 0 Å². The number of alkyl halides is 3. The Morgan fingerprint density at radius 2 is 1.92 bits per heavy atom. The van der Waals surface area contributed by atoms with Crippen LogP contribution in [-0.4, -0.2) is 35.2 Å². The van der Waals surface area contributed by atoms with Crippen molar-refractivity contribution in [3.8, 4) is 0 Å². The normalized spacial score (nSPS) is 25.9. The second-order valence-corrected chi connectivity index (χ2v) is 9.31.